The van der Waals surface area contributed by atoms with Crippen LogP contribution >= 0.6 is 0 Å². The van der Waals surface area contributed by atoms with Gasteiger partial charge in [0.25, 0.3) is 0 Å². The van der Waals surface area contributed by atoms with Gasteiger partial charge < -0.3 is 5.32 Å². The van der Waals surface area contributed by atoms with Gasteiger partial charge in [-0.15, -0.1) is 0 Å². The molecule has 0 spiro atoms. The Kier molecular flexibility index (Phi) is 6.35. The molecular weight excluding hydrogens is 348 g/mol. The SMILES string of the molecule is CC1CCC(NC(=O)Cc2ccc(S(=O)(=O)N3CCCCC3)cc2)CC1. The lowest BCUT2D eigenvalue weighted by Crippen LogP contribution is -2.38. The van der Waals surface area contributed by atoms with E-state index >= 15 is 0 Å². The molecule has 5 nitrogen and oxygen atoms in total. The largest absolute Gasteiger partial charge is 0.353 e. The highest BCUT2D eigenvalue weighted by molar-refractivity contribution is 7.89. The van der Waals surface area contributed by atoms with E-state index in [2.05, 4.69) is 12.2 Å². The third-order valence-corrected chi connectivity index (χ3v) is 7.53. The fourth-order valence-corrected chi connectivity index (χ4v) is 5.42. The molecule has 1 saturated heterocycles. The number of benzene rings is 1. The Labute approximate surface area is 157 Å². The van der Waals surface area contributed by atoms with Crippen LogP contribution in [0.25, 0.3) is 0 Å². The molecule has 1 amide bonds. The van der Waals surface area contributed by atoms with E-state index in [4.69, 9.17) is 0 Å². The van der Waals surface area contributed by atoms with Gasteiger partial charge in [-0.05, 0) is 62.1 Å². The molecule has 0 unspecified atom stereocenters. The minimum atomic E-state index is -3.40. The van der Waals surface area contributed by atoms with Gasteiger partial charge in [0.2, 0.25) is 15.9 Å². The highest BCUT2D eigenvalue weighted by atomic mass is 32.2. The van der Waals surface area contributed by atoms with Crippen LogP contribution in [0.4, 0.5) is 0 Å². The van der Waals surface area contributed by atoms with Gasteiger partial charge in [-0.2, -0.15) is 4.31 Å². The normalized spacial score (nSPS) is 25.0. The van der Waals surface area contributed by atoms with Crippen LogP contribution < -0.4 is 5.32 Å². The van der Waals surface area contributed by atoms with Gasteiger partial charge in [0.1, 0.15) is 0 Å². The number of hydrogen-bond donors (Lipinski definition) is 1. The molecule has 1 aliphatic carbocycles. The van der Waals surface area contributed by atoms with E-state index < -0.39 is 10.0 Å². The number of carbonyl (C=O) groups is 1. The molecule has 0 bridgehead atoms. The van der Waals surface area contributed by atoms with Crippen molar-refractivity contribution in [1.29, 1.82) is 0 Å². The topological polar surface area (TPSA) is 66.5 Å². The molecule has 26 heavy (non-hydrogen) atoms. The number of piperidine rings is 1. The molecular formula is C20H30N2O3S. The lowest BCUT2D eigenvalue weighted by atomic mass is 9.87. The summed E-state index contributed by atoms with van der Waals surface area (Å²) in [5, 5.41) is 3.12. The summed E-state index contributed by atoms with van der Waals surface area (Å²) in [6.07, 6.45) is 7.72. The van der Waals surface area contributed by atoms with Crippen molar-refractivity contribution < 1.29 is 13.2 Å². The number of hydrogen-bond acceptors (Lipinski definition) is 3. The standard InChI is InChI=1S/C20H30N2O3S/c1-16-5-9-18(10-6-16)21-20(23)15-17-7-11-19(12-8-17)26(24,25)22-13-3-2-4-14-22/h7-8,11-12,16,18H,2-6,9-10,13-15H2,1H3,(H,21,23). The van der Waals surface area contributed by atoms with E-state index in [1.54, 1.807) is 28.6 Å². The first kappa shape index (κ1) is 19.4. The smallest absolute Gasteiger partial charge is 0.243 e. The van der Waals surface area contributed by atoms with Crippen LogP contribution in [0.1, 0.15) is 57.4 Å². The lowest BCUT2D eigenvalue weighted by Gasteiger charge is -2.27. The van der Waals surface area contributed by atoms with Gasteiger partial charge in [0.15, 0.2) is 0 Å². The summed E-state index contributed by atoms with van der Waals surface area (Å²) in [4.78, 5) is 12.6. The summed E-state index contributed by atoms with van der Waals surface area (Å²) in [5.74, 6) is 0.786. The zero-order chi connectivity index (χ0) is 18.6. The van der Waals surface area contributed by atoms with E-state index in [0.29, 0.717) is 24.4 Å². The highest BCUT2D eigenvalue weighted by Crippen LogP contribution is 2.24. The minimum absolute atomic E-state index is 0.0243. The summed E-state index contributed by atoms with van der Waals surface area (Å²) in [6.45, 7) is 3.47. The van der Waals surface area contributed by atoms with Crippen LogP contribution in [0.2, 0.25) is 0 Å². The number of nitrogens with one attached hydrogen (secondary N) is 1. The fraction of sp³-hybridized carbons (Fsp3) is 0.650. The molecule has 1 saturated carbocycles. The third-order valence-electron chi connectivity index (χ3n) is 5.62. The van der Waals surface area contributed by atoms with Gasteiger partial charge in [0.05, 0.1) is 11.3 Å². The van der Waals surface area contributed by atoms with Gasteiger partial charge in [-0.25, -0.2) is 8.42 Å². The van der Waals surface area contributed by atoms with E-state index in [0.717, 1.165) is 43.6 Å². The molecule has 1 N–H and O–H groups in total. The molecule has 2 aliphatic rings. The van der Waals surface area contributed by atoms with Gasteiger partial charge in [-0.1, -0.05) is 25.5 Å². The Morgan fingerprint density at radius 1 is 1.04 bits per heavy atom. The Morgan fingerprint density at radius 3 is 2.27 bits per heavy atom. The van der Waals surface area contributed by atoms with Crippen LogP contribution in [-0.2, 0) is 21.2 Å². The highest BCUT2D eigenvalue weighted by Gasteiger charge is 2.26. The van der Waals surface area contributed by atoms with Crippen molar-refractivity contribution in [2.45, 2.75) is 69.2 Å². The second-order valence-corrected chi connectivity index (χ2v) is 9.75. The van der Waals surface area contributed by atoms with Crippen LogP contribution in [0, 0.1) is 5.92 Å². The molecule has 3 rings (SSSR count). The molecule has 1 heterocycles. The van der Waals surface area contributed by atoms with Gasteiger partial charge in [0, 0.05) is 19.1 Å². The van der Waals surface area contributed by atoms with Crippen LogP contribution in [-0.4, -0.2) is 37.8 Å². The molecule has 2 fully saturated rings. The van der Waals surface area contributed by atoms with E-state index in [1.807, 2.05) is 0 Å². The molecule has 6 heteroatoms. The second-order valence-electron chi connectivity index (χ2n) is 7.81. The fourth-order valence-electron chi connectivity index (χ4n) is 3.90. The van der Waals surface area contributed by atoms with E-state index in [-0.39, 0.29) is 11.9 Å². The lowest BCUT2D eigenvalue weighted by molar-refractivity contribution is -0.121. The number of rotatable bonds is 5. The van der Waals surface area contributed by atoms with Crippen molar-refractivity contribution in [3.8, 4) is 0 Å². The quantitative estimate of drug-likeness (QED) is 0.856. The summed E-state index contributed by atoms with van der Waals surface area (Å²) >= 11 is 0. The molecule has 0 aromatic heterocycles. The number of sulfonamides is 1. The maximum Gasteiger partial charge on any atom is 0.243 e. The summed E-state index contributed by atoms with van der Waals surface area (Å²) in [5.41, 5.74) is 0.851. The Bertz CT molecular complexity index is 701. The number of carbonyl (C=O) groups excluding carboxylic acids is 1. The first-order valence-corrected chi connectivity index (χ1v) is 11.3. The third kappa shape index (κ3) is 4.86. The zero-order valence-corrected chi connectivity index (χ0v) is 16.4. The first-order valence-electron chi connectivity index (χ1n) is 9.83. The molecule has 1 aromatic rings. The van der Waals surface area contributed by atoms with Crippen molar-refractivity contribution in [2.75, 3.05) is 13.1 Å². The van der Waals surface area contributed by atoms with E-state index in [9.17, 15) is 13.2 Å². The van der Waals surface area contributed by atoms with Crippen molar-refractivity contribution in [1.82, 2.24) is 9.62 Å². The summed E-state index contributed by atoms with van der Waals surface area (Å²) in [6, 6.07) is 7.08. The molecule has 1 aliphatic heterocycles. The maximum absolute atomic E-state index is 12.7. The minimum Gasteiger partial charge on any atom is -0.353 e. The summed E-state index contributed by atoms with van der Waals surface area (Å²) in [7, 11) is -3.40. The molecule has 0 atom stereocenters. The summed E-state index contributed by atoms with van der Waals surface area (Å²) < 4.78 is 26.9. The average Bonchev–Trinajstić information content (AvgIpc) is 2.65. The molecule has 0 radical (unpaired) electrons. The van der Waals surface area contributed by atoms with Gasteiger partial charge >= 0.3 is 0 Å². The Morgan fingerprint density at radius 2 is 1.65 bits per heavy atom. The molecule has 144 valence electrons. The van der Waals surface area contributed by atoms with Crippen molar-refractivity contribution in [2.24, 2.45) is 5.92 Å². The predicted molar refractivity (Wildman–Crippen MR) is 102 cm³/mol. The van der Waals surface area contributed by atoms with Crippen molar-refractivity contribution >= 4 is 15.9 Å². The molecule has 1 aromatic carbocycles. The average molecular weight is 379 g/mol. The number of nitrogens with zero attached hydrogens (tertiary/aromatic N) is 1. The van der Waals surface area contributed by atoms with Crippen molar-refractivity contribution in [3.05, 3.63) is 29.8 Å². The Balaban J connectivity index is 1.56. The predicted octanol–water partition coefficient (Wildman–Crippen LogP) is 3.10. The Hall–Kier alpha value is -1.40. The monoisotopic (exact) mass is 378 g/mol. The second kappa shape index (κ2) is 8.53. The van der Waals surface area contributed by atoms with Crippen LogP contribution in [0.15, 0.2) is 29.2 Å². The van der Waals surface area contributed by atoms with Crippen molar-refractivity contribution in [3.63, 3.8) is 0 Å². The van der Waals surface area contributed by atoms with Crippen LogP contribution in [0.3, 0.4) is 0 Å². The zero-order valence-electron chi connectivity index (χ0n) is 15.6. The first-order chi connectivity index (χ1) is 12.4. The van der Waals surface area contributed by atoms with Crippen LogP contribution in [0.5, 0.6) is 0 Å². The van der Waals surface area contributed by atoms with E-state index in [1.165, 1.54) is 12.8 Å². The maximum atomic E-state index is 12.7. The van der Waals surface area contributed by atoms with Gasteiger partial charge in [-0.3, -0.25) is 4.79 Å². The number of amides is 1.